The van der Waals surface area contributed by atoms with Crippen LogP contribution in [0, 0.1) is 0 Å². The minimum Gasteiger partial charge on any atom is -0.496 e. The molecule has 19 heavy (non-hydrogen) atoms. The quantitative estimate of drug-likeness (QED) is 0.908. The maximum atomic E-state index is 11.6. The smallest absolute Gasteiger partial charge is 0.413 e. The number of rotatable bonds is 3. The Bertz CT molecular complexity index is 450. The van der Waals surface area contributed by atoms with E-state index in [2.05, 4.69) is 24.1 Å². The van der Waals surface area contributed by atoms with E-state index >= 15 is 0 Å². The molecule has 1 N–H and O–H groups in total. The summed E-state index contributed by atoms with van der Waals surface area (Å²) in [6, 6.07) is 1.69. The highest BCUT2D eigenvalue weighted by molar-refractivity contribution is 5.83. The number of aromatic nitrogens is 1. The highest BCUT2D eigenvalue weighted by Gasteiger charge is 2.17. The number of hydrogen-bond acceptors (Lipinski definition) is 4. The van der Waals surface area contributed by atoms with Crippen LogP contribution in [0.4, 0.5) is 10.6 Å². The number of carbonyl (C=O) groups excluding carboxylic acids is 1. The van der Waals surface area contributed by atoms with Gasteiger partial charge in [0.2, 0.25) is 0 Å². The molecule has 0 aliphatic heterocycles. The number of nitrogens with zero attached hydrogens (tertiary/aromatic N) is 1. The zero-order chi connectivity index (χ0) is 14.6. The molecule has 0 atom stereocenters. The molecule has 5 heteroatoms. The molecule has 0 aliphatic carbocycles. The molecule has 0 saturated carbocycles. The molecular formula is C14H22N2O3. The molecule has 1 aromatic heterocycles. The van der Waals surface area contributed by atoms with Crippen molar-refractivity contribution in [1.29, 1.82) is 0 Å². The fourth-order valence-corrected chi connectivity index (χ4v) is 1.53. The van der Waals surface area contributed by atoms with Crippen molar-refractivity contribution >= 4 is 11.9 Å². The average molecular weight is 266 g/mol. The molecule has 106 valence electrons. The van der Waals surface area contributed by atoms with Gasteiger partial charge in [0.05, 0.1) is 7.11 Å². The fourth-order valence-electron chi connectivity index (χ4n) is 1.53. The van der Waals surface area contributed by atoms with Gasteiger partial charge in [0.25, 0.3) is 0 Å². The molecule has 0 fully saturated rings. The van der Waals surface area contributed by atoms with Crippen molar-refractivity contribution < 1.29 is 14.3 Å². The molecule has 0 spiro atoms. The number of amides is 1. The second-order valence-electron chi connectivity index (χ2n) is 5.59. The third kappa shape index (κ3) is 4.77. The number of methoxy groups -OCH3 is 1. The molecule has 5 nitrogen and oxygen atoms in total. The van der Waals surface area contributed by atoms with E-state index in [4.69, 9.17) is 9.47 Å². The van der Waals surface area contributed by atoms with E-state index in [9.17, 15) is 4.79 Å². The van der Waals surface area contributed by atoms with Crippen molar-refractivity contribution in [2.75, 3.05) is 12.4 Å². The standard InChI is InChI=1S/C14H22N2O3/c1-9(2)10-8-15-12(7-11(10)18-6)16-13(17)19-14(3,4)5/h7-9H,1-6H3,(H,15,16,17). The highest BCUT2D eigenvalue weighted by Crippen LogP contribution is 2.27. The van der Waals surface area contributed by atoms with E-state index < -0.39 is 11.7 Å². The molecule has 0 aromatic carbocycles. The first-order chi connectivity index (χ1) is 8.73. The normalized spacial score (nSPS) is 11.3. The number of carbonyl (C=O) groups is 1. The van der Waals surface area contributed by atoms with Gasteiger partial charge in [-0.15, -0.1) is 0 Å². The number of anilines is 1. The summed E-state index contributed by atoms with van der Waals surface area (Å²) in [5.74, 6) is 1.42. The van der Waals surface area contributed by atoms with Crippen LogP contribution in [0.5, 0.6) is 5.75 Å². The van der Waals surface area contributed by atoms with Crippen LogP contribution < -0.4 is 10.1 Å². The van der Waals surface area contributed by atoms with E-state index in [1.54, 1.807) is 19.4 Å². The number of nitrogens with one attached hydrogen (secondary N) is 1. The zero-order valence-electron chi connectivity index (χ0n) is 12.4. The van der Waals surface area contributed by atoms with Crippen molar-refractivity contribution in [3.05, 3.63) is 17.8 Å². The molecule has 0 radical (unpaired) electrons. The summed E-state index contributed by atoms with van der Waals surface area (Å²) in [6.07, 6.45) is 1.18. The zero-order valence-corrected chi connectivity index (χ0v) is 12.4. The van der Waals surface area contributed by atoms with Crippen molar-refractivity contribution in [2.24, 2.45) is 0 Å². The predicted molar refractivity (Wildman–Crippen MR) is 74.7 cm³/mol. The van der Waals surface area contributed by atoms with Crippen molar-refractivity contribution in [2.45, 2.75) is 46.1 Å². The first-order valence-electron chi connectivity index (χ1n) is 6.27. The van der Waals surface area contributed by atoms with E-state index in [1.165, 1.54) is 0 Å². The second-order valence-corrected chi connectivity index (χ2v) is 5.59. The van der Waals surface area contributed by atoms with Gasteiger partial charge >= 0.3 is 6.09 Å². The molecule has 1 heterocycles. The van der Waals surface area contributed by atoms with Crippen molar-refractivity contribution in [3.63, 3.8) is 0 Å². The predicted octanol–water partition coefficient (Wildman–Crippen LogP) is 3.56. The lowest BCUT2D eigenvalue weighted by Gasteiger charge is -2.19. The Hall–Kier alpha value is -1.78. The van der Waals surface area contributed by atoms with Crippen LogP contribution in [0.1, 0.15) is 46.1 Å². The second kappa shape index (κ2) is 5.91. The molecule has 0 saturated heterocycles. The van der Waals surface area contributed by atoms with Crippen LogP contribution in [0.3, 0.4) is 0 Å². The van der Waals surface area contributed by atoms with E-state index in [1.807, 2.05) is 20.8 Å². The minimum absolute atomic E-state index is 0.304. The van der Waals surface area contributed by atoms with Gasteiger partial charge in [-0.25, -0.2) is 9.78 Å². The Labute approximate surface area is 114 Å². The van der Waals surface area contributed by atoms with E-state index in [0.29, 0.717) is 17.5 Å². The van der Waals surface area contributed by atoms with Gasteiger partial charge in [0.1, 0.15) is 17.2 Å². The summed E-state index contributed by atoms with van der Waals surface area (Å²) < 4.78 is 10.5. The molecule has 0 aliphatic rings. The largest absolute Gasteiger partial charge is 0.496 e. The fraction of sp³-hybridized carbons (Fsp3) is 0.571. The van der Waals surface area contributed by atoms with Crippen LogP contribution in [-0.2, 0) is 4.74 Å². The van der Waals surface area contributed by atoms with Gasteiger partial charge in [0.15, 0.2) is 0 Å². The highest BCUT2D eigenvalue weighted by atomic mass is 16.6. The molecule has 1 rings (SSSR count). The van der Waals surface area contributed by atoms with Crippen LogP contribution in [0.25, 0.3) is 0 Å². The third-order valence-corrected chi connectivity index (χ3v) is 2.37. The molecule has 1 aromatic rings. The SMILES string of the molecule is COc1cc(NC(=O)OC(C)(C)C)ncc1C(C)C. The minimum atomic E-state index is -0.536. The van der Waals surface area contributed by atoms with Gasteiger partial charge in [-0.05, 0) is 26.7 Å². The van der Waals surface area contributed by atoms with Gasteiger partial charge in [0, 0.05) is 17.8 Å². The lowest BCUT2D eigenvalue weighted by Crippen LogP contribution is -2.27. The Kier molecular flexibility index (Phi) is 4.75. The number of pyridine rings is 1. The van der Waals surface area contributed by atoms with Gasteiger partial charge in [-0.1, -0.05) is 13.8 Å². The topological polar surface area (TPSA) is 60.5 Å². The summed E-state index contributed by atoms with van der Waals surface area (Å²) in [7, 11) is 1.60. The summed E-state index contributed by atoms with van der Waals surface area (Å²) in [5, 5.41) is 2.59. The molecule has 1 amide bonds. The van der Waals surface area contributed by atoms with E-state index in [0.717, 1.165) is 5.56 Å². The summed E-state index contributed by atoms with van der Waals surface area (Å²) >= 11 is 0. The molecular weight excluding hydrogens is 244 g/mol. The number of hydrogen-bond donors (Lipinski definition) is 1. The summed E-state index contributed by atoms with van der Waals surface area (Å²) in [5.41, 5.74) is 0.462. The maximum Gasteiger partial charge on any atom is 0.413 e. The van der Waals surface area contributed by atoms with Gasteiger partial charge < -0.3 is 9.47 Å². The molecule has 0 unspecified atom stereocenters. The van der Waals surface area contributed by atoms with Crippen molar-refractivity contribution in [3.8, 4) is 5.75 Å². The summed E-state index contributed by atoms with van der Waals surface area (Å²) in [4.78, 5) is 15.8. The lowest BCUT2D eigenvalue weighted by atomic mass is 10.0. The third-order valence-electron chi connectivity index (χ3n) is 2.37. The Morgan fingerprint density at radius 3 is 2.47 bits per heavy atom. The first-order valence-corrected chi connectivity index (χ1v) is 6.27. The Balaban J connectivity index is 2.83. The van der Waals surface area contributed by atoms with Crippen LogP contribution in [0.2, 0.25) is 0 Å². The van der Waals surface area contributed by atoms with Crippen molar-refractivity contribution in [1.82, 2.24) is 4.98 Å². The van der Waals surface area contributed by atoms with Crippen LogP contribution in [0.15, 0.2) is 12.3 Å². The Morgan fingerprint density at radius 1 is 1.37 bits per heavy atom. The van der Waals surface area contributed by atoms with Crippen LogP contribution >= 0.6 is 0 Å². The maximum absolute atomic E-state index is 11.6. The van der Waals surface area contributed by atoms with Gasteiger partial charge in [-0.3, -0.25) is 5.32 Å². The lowest BCUT2D eigenvalue weighted by molar-refractivity contribution is 0.0635. The Morgan fingerprint density at radius 2 is 2.00 bits per heavy atom. The average Bonchev–Trinajstić information content (AvgIpc) is 2.25. The monoisotopic (exact) mass is 266 g/mol. The number of ether oxygens (including phenoxy) is 2. The van der Waals surface area contributed by atoms with Crippen LogP contribution in [-0.4, -0.2) is 23.8 Å². The summed E-state index contributed by atoms with van der Waals surface area (Å²) in [6.45, 7) is 9.54. The molecule has 0 bridgehead atoms. The van der Waals surface area contributed by atoms with Gasteiger partial charge in [-0.2, -0.15) is 0 Å². The first kappa shape index (κ1) is 15.3. The van der Waals surface area contributed by atoms with E-state index in [-0.39, 0.29) is 0 Å².